The van der Waals surface area contributed by atoms with Gasteiger partial charge in [-0.3, -0.25) is 0 Å². The van der Waals surface area contributed by atoms with E-state index in [0.29, 0.717) is 13.0 Å². The molecule has 0 bridgehead atoms. The zero-order valence-electron chi connectivity index (χ0n) is 11.6. The van der Waals surface area contributed by atoms with Crippen molar-refractivity contribution < 1.29 is 9.53 Å². The molecule has 0 amide bonds. The summed E-state index contributed by atoms with van der Waals surface area (Å²) in [6.07, 6.45) is 5.27. The molecule has 1 aliphatic carbocycles. The van der Waals surface area contributed by atoms with Crippen LogP contribution in [0.2, 0.25) is 0 Å². The zero-order chi connectivity index (χ0) is 14.1. The number of rotatable bonds is 4. The molecule has 0 radical (unpaired) electrons. The van der Waals surface area contributed by atoms with Gasteiger partial charge in [0, 0.05) is 28.4 Å². The van der Waals surface area contributed by atoms with Crippen LogP contribution in [0, 0.1) is 9.49 Å². The normalized spacial score (nSPS) is 17.5. The molecule has 0 aromatic heterocycles. The molecule has 4 heteroatoms. The lowest BCUT2D eigenvalue weighted by atomic mass is 9.99. The number of carbonyl (C=O) groups excluding carboxylic acids is 1. The number of hydrogen-bond acceptors (Lipinski definition) is 3. The van der Waals surface area contributed by atoms with E-state index in [1.54, 1.807) is 0 Å². The summed E-state index contributed by atoms with van der Waals surface area (Å²) in [5.41, 5.74) is 3.23. The van der Waals surface area contributed by atoms with Crippen LogP contribution < -0.4 is 4.90 Å². The molecule has 0 unspecified atom stereocenters. The Balaban J connectivity index is 1.90. The topological polar surface area (TPSA) is 29.5 Å². The number of benzene rings is 1. The number of anilines is 1. The summed E-state index contributed by atoms with van der Waals surface area (Å²) in [5.74, 6) is 0.595. The minimum Gasteiger partial charge on any atom is -0.463 e. The highest BCUT2D eigenvalue weighted by atomic mass is 127. The first-order chi connectivity index (χ1) is 9.67. The number of nitrogens with zero attached hydrogens (tertiary/aromatic N) is 1. The SMILES string of the molecule is CCOC(=O)C1=CN(CC2CC2)c2ccc(I)cc2C1. The smallest absolute Gasteiger partial charge is 0.335 e. The van der Waals surface area contributed by atoms with Crippen molar-refractivity contribution in [3.8, 4) is 0 Å². The average molecular weight is 383 g/mol. The molecule has 1 aromatic carbocycles. The minimum absolute atomic E-state index is 0.183. The number of esters is 1. The van der Waals surface area contributed by atoms with Gasteiger partial charge in [0.2, 0.25) is 0 Å². The predicted molar refractivity (Wildman–Crippen MR) is 87.6 cm³/mol. The lowest BCUT2D eigenvalue weighted by molar-refractivity contribution is -0.138. The summed E-state index contributed by atoms with van der Waals surface area (Å²) in [5, 5.41) is 0. The highest BCUT2D eigenvalue weighted by Crippen LogP contribution is 2.36. The van der Waals surface area contributed by atoms with Crippen molar-refractivity contribution in [2.45, 2.75) is 26.2 Å². The summed E-state index contributed by atoms with van der Waals surface area (Å²) in [7, 11) is 0. The molecule has 1 saturated carbocycles. The molecule has 2 aliphatic rings. The van der Waals surface area contributed by atoms with Gasteiger partial charge in [0.15, 0.2) is 0 Å². The number of carbonyl (C=O) groups is 1. The van der Waals surface area contributed by atoms with E-state index in [1.807, 2.05) is 13.1 Å². The summed E-state index contributed by atoms with van der Waals surface area (Å²) in [4.78, 5) is 14.3. The number of halogens is 1. The van der Waals surface area contributed by atoms with Crippen molar-refractivity contribution in [2.75, 3.05) is 18.1 Å². The second kappa shape index (κ2) is 5.76. The molecular weight excluding hydrogens is 365 g/mol. The summed E-state index contributed by atoms with van der Waals surface area (Å²) in [6, 6.07) is 6.46. The molecule has 1 aromatic rings. The van der Waals surface area contributed by atoms with E-state index in [2.05, 4.69) is 45.7 Å². The van der Waals surface area contributed by atoms with Crippen molar-refractivity contribution in [2.24, 2.45) is 5.92 Å². The molecule has 3 nitrogen and oxygen atoms in total. The second-order valence-corrected chi connectivity index (χ2v) is 6.67. The first-order valence-electron chi connectivity index (χ1n) is 7.10. The standard InChI is InChI=1S/C16H18INO2/c1-2-20-16(19)13-7-12-8-14(17)5-6-15(12)18(10-13)9-11-3-4-11/h5-6,8,10-11H,2-4,7,9H2,1H3. The molecule has 0 atom stereocenters. The molecule has 1 fully saturated rings. The first-order valence-corrected chi connectivity index (χ1v) is 8.18. The van der Waals surface area contributed by atoms with Crippen molar-refractivity contribution in [3.05, 3.63) is 39.1 Å². The fraction of sp³-hybridized carbons (Fsp3) is 0.438. The Morgan fingerprint density at radius 2 is 2.25 bits per heavy atom. The zero-order valence-corrected chi connectivity index (χ0v) is 13.7. The Morgan fingerprint density at radius 3 is 2.95 bits per heavy atom. The minimum atomic E-state index is -0.183. The summed E-state index contributed by atoms with van der Waals surface area (Å²) >= 11 is 2.32. The fourth-order valence-electron chi connectivity index (χ4n) is 2.56. The summed E-state index contributed by atoms with van der Waals surface area (Å²) in [6.45, 7) is 3.29. The van der Waals surface area contributed by atoms with Crippen LogP contribution in [-0.2, 0) is 16.0 Å². The van der Waals surface area contributed by atoms with Gasteiger partial charge in [-0.25, -0.2) is 4.79 Å². The van der Waals surface area contributed by atoms with Crippen LogP contribution in [0.4, 0.5) is 5.69 Å². The molecule has 0 saturated heterocycles. The van der Waals surface area contributed by atoms with Gasteiger partial charge < -0.3 is 9.64 Å². The Kier molecular flexibility index (Phi) is 4.01. The molecule has 1 aliphatic heterocycles. The van der Waals surface area contributed by atoms with Crippen molar-refractivity contribution in [1.82, 2.24) is 0 Å². The van der Waals surface area contributed by atoms with Crippen molar-refractivity contribution in [1.29, 1.82) is 0 Å². The van der Waals surface area contributed by atoms with Gasteiger partial charge in [-0.15, -0.1) is 0 Å². The van der Waals surface area contributed by atoms with Gasteiger partial charge in [0.1, 0.15) is 0 Å². The van der Waals surface area contributed by atoms with Gasteiger partial charge in [-0.1, -0.05) is 0 Å². The molecule has 1 heterocycles. The van der Waals surface area contributed by atoms with E-state index < -0.39 is 0 Å². The maximum Gasteiger partial charge on any atom is 0.335 e. The third kappa shape index (κ3) is 3.00. The number of ether oxygens (including phenoxy) is 1. The fourth-order valence-corrected chi connectivity index (χ4v) is 3.12. The molecule has 0 N–H and O–H groups in total. The van der Waals surface area contributed by atoms with Gasteiger partial charge in [0.05, 0.1) is 12.2 Å². The molecular formula is C16H18INO2. The lowest BCUT2D eigenvalue weighted by Crippen LogP contribution is -2.27. The average Bonchev–Trinajstić information content (AvgIpc) is 3.22. The quantitative estimate of drug-likeness (QED) is 0.589. The van der Waals surface area contributed by atoms with Gasteiger partial charge in [-0.2, -0.15) is 0 Å². The Hall–Kier alpha value is -1.04. The maximum atomic E-state index is 12.0. The van der Waals surface area contributed by atoms with E-state index in [9.17, 15) is 4.79 Å². The van der Waals surface area contributed by atoms with E-state index in [4.69, 9.17) is 4.74 Å². The van der Waals surface area contributed by atoms with Crippen LogP contribution >= 0.6 is 22.6 Å². The molecule has 20 heavy (non-hydrogen) atoms. The van der Waals surface area contributed by atoms with E-state index in [1.165, 1.54) is 27.7 Å². The van der Waals surface area contributed by atoms with Gasteiger partial charge in [-0.05, 0) is 72.0 Å². The Labute approximate surface area is 133 Å². The van der Waals surface area contributed by atoms with Crippen LogP contribution in [0.1, 0.15) is 25.3 Å². The summed E-state index contributed by atoms with van der Waals surface area (Å²) < 4.78 is 6.37. The number of hydrogen-bond donors (Lipinski definition) is 0. The highest BCUT2D eigenvalue weighted by Gasteiger charge is 2.28. The van der Waals surface area contributed by atoms with E-state index in [-0.39, 0.29) is 5.97 Å². The third-order valence-corrected chi connectivity index (χ3v) is 4.40. The molecule has 0 spiro atoms. The Morgan fingerprint density at radius 1 is 1.45 bits per heavy atom. The third-order valence-electron chi connectivity index (χ3n) is 3.73. The second-order valence-electron chi connectivity index (χ2n) is 5.42. The van der Waals surface area contributed by atoms with Crippen LogP contribution in [0.15, 0.2) is 30.0 Å². The van der Waals surface area contributed by atoms with Crippen LogP contribution in [0.5, 0.6) is 0 Å². The van der Waals surface area contributed by atoms with Crippen LogP contribution in [-0.4, -0.2) is 19.1 Å². The van der Waals surface area contributed by atoms with Gasteiger partial charge >= 0.3 is 5.97 Å². The van der Waals surface area contributed by atoms with Crippen molar-refractivity contribution >= 4 is 34.2 Å². The predicted octanol–water partition coefficient (Wildman–Crippen LogP) is 3.51. The number of fused-ring (bicyclic) bond motifs is 1. The largest absolute Gasteiger partial charge is 0.463 e. The Bertz CT molecular complexity index is 564. The first kappa shape index (κ1) is 13.9. The molecule has 3 rings (SSSR count). The lowest BCUT2D eigenvalue weighted by Gasteiger charge is -2.29. The van der Waals surface area contributed by atoms with Crippen molar-refractivity contribution in [3.63, 3.8) is 0 Å². The maximum absolute atomic E-state index is 12.0. The van der Waals surface area contributed by atoms with Gasteiger partial charge in [0.25, 0.3) is 0 Å². The van der Waals surface area contributed by atoms with Crippen LogP contribution in [0.3, 0.4) is 0 Å². The molecule has 106 valence electrons. The highest BCUT2D eigenvalue weighted by molar-refractivity contribution is 14.1. The van der Waals surface area contributed by atoms with E-state index >= 15 is 0 Å². The van der Waals surface area contributed by atoms with E-state index in [0.717, 1.165) is 18.0 Å². The van der Waals surface area contributed by atoms with Crippen LogP contribution in [0.25, 0.3) is 0 Å². The monoisotopic (exact) mass is 383 g/mol.